The monoisotopic (exact) mass is 270 g/mol. The van der Waals surface area contributed by atoms with E-state index in [0.29, 0.717) is 25.3 Å². The Balaban J connectivity index is 2.10. The topological polar surface area (TPSA) is 61.4 Å². The number of piperidine rings is 1. The van der Waals surface area contributed by atoms with Gasteiger partial charge in [0.2, 0.25) is 5.91 Å². The Bertz CT molecular complexity index is 268. The molecule has 0 spiro atoms. The molecule has 112 valence electrons. The Morgan fingerprint density at radius 3 is 2.58 bits per heavy atom. The van der Waals surface area contributed by atoms with E-state index in [2.05, 4.69) is 31.4 Å². The second-order valence-corrected chi connectivity index (χ2v) is 6.95. The molecule has 4 heteroatoms. The van der Waals surface area contributed by atoms with Crippen molar-refractivity contribution in [2.24, 2.45) is 11.3 Å². The van der Waals surface area contributed by atoms with Crippen LogP contribution in [-0.4, -0.2) is 36.8 Å². The number of hydrogen-bond donors (Lipinski definition) is 3. The molecule has 1 rings (SSSR count). The van der Waals surface area contributed by atoms with Gasteiger partial charge in [0.1, 0.15) is 0 Å². The summed E-state index contributed by atoms with van der Waals surface area (Å²) in [6, 6.07) is 0. The van der Waals surface area contributed by atoms with Crippen molar-refractivity contribution in [1.82, 2.24) is 10.6 Å². The van der Waals surface area contributed by atoms with Crippen LogP contribution in [0.15, 0.2) is 0 Å². The summed E-state index contributed by atoms with van der Waals surface area (Å²) in [4.78, 5) is 11.7. The highest BCUT2D eigenvalue weighted by Crippen LogP contribution is 2.20. The molecule has 19 heavy (non-hydrogen) atoms. The molecule has 0 bridgehead atoms. The molecule has 4 nitrogen and oxygen atoms in total. The van der Waals surface area contributed by atoms with E-state index in [0.717, 1.165) is 19.5 Å². The van der Waals surface area contributed by atoms with Gasteiger partial charge < -0.3 is 15.7 Å². The van der Waals surface area contributed by atoms with Gasteiger partial charge in [0.25, 0.3) is 0 Å². The third kappa shape index (κ3) is 8.22. The highest BCUT2D eigenvalue weighted by atomic mass is 16.3. The molecule has 1 aliphatic rings. The van der Waals surface area contributed by atoms with Crippen LogP contribution >= 0.6 is 0 Å². The molecule has 1 heterocycles. The van der Waals surface area contributed by atoms with E-state index >= 15 is 0 Å². The molecule has 0 aromatic heterocycles. The van der Waals surface area contributed by atoms with Gasteiger partial charge in [-0.25, -0.2) is 0 Å². The third-order valence-electron chi connectivity index (χ3n) is 3.62. The molecule has 0 aromatic rings. The first-order chi connectivity index (χ1) is 8.87. The summed E-state index contributed by atoms with van der Waals surface area (Å²) in [6.45, 7) is 8.81. The fourth-order valence-electron chi connectivity index (χ4n) is 2.60. The number of rotatable bonds is 6. The quantitative estimate of drug-likeness (QED) is 0.688. The smallest absolute Gasteiger partial charge is 0.220 e. The molecule has 1 fully saturated rings. The van der Waals surface area contributed by atoms with Crippen LogP contribution in [0.3, 0.4) is 0 Å². The summed E-state index contributed by atoms with van der Waals surface area (Å²) in [6.07, 6.45) is 4.19. The molecule has 1 aliphatic heterocycles. The van der Waals surface area contributed by atoms with Crippen LogP contribution in [0.5, 0.6) is 0 Å². The zero-order valence-electron chi connectivity index (χ0n) is 12.7. The molecule has 1 saturated heterocycles. The van der Waals surface area contributed by atoms with Gasteiger partial charge in [0.05, 0.1) is 6.10 Å². The maximum atomic E-state index is 11.7. The van der Waals surface area contributed by atoms with Crippen molar-refractivity contribution in [2.45, 2.75) is 59.0 Å². The van der Waals surface area contributed by atoms with E-state index in [1.54, 1.807) is 0 Å². The lowest BCUT2D eigenvalue weighted by molar-refractivity contribution is -0.122. The van der Waals surface area contributed by atoms with Crippen LogP contribution < -0.4 is 10.6 Å². The van der Waals surface area contributed by atoms with Gasteiger partial charge in [0.15, 0.2) is 0 Å². The number of nitrogens with one attached hydrogen (secondary N) is 2. The molecular formula is C15H30N2O2. The Morgan fingerprint density at radius 1 is 1.37 bits per heavy atom. The minimum Gasteiger partial charge on any atom is -0.391 e. The van der Waals surface area contributed by atoms with Crippen molar-refractivity contribution in [3.8, 4) is 0 Å². The molecule has 0 aliphatic carbocycles. The predicted octanol–water partition coefficient (Wildman–Crippen LogP) is 1.68. The lowest BCUT2D eigenvalue weighted by atomic mass is 9.89. The molecule has 0 saturated carbocycles. The Morgan fingerprint density at radius 2 is 2.00 bits per heavy atom. The van der Waals surface area contributed by atoms with E-state index in [1.165, 1.54) is 12.8 Å². The van der Waals surface area contributed by atoms with Crippen molar-refractivity contribution < 1.29 is 9.90 Å². The summed E-state index contributed by atoms with van der Waals surface area (Å²) in [5.74, 6) is 0.762. The van der Waals surface area contributed by atoms with Gasteiger partial charge in [-0.15, -0.1) is 0 Å². The van der Waals surface area contributed by atoms with E-state index in [9.17, 15) is 9.90 Å². The highest BCUT2D eigenvalue weighted by Gasteiger charge is 2.18. The minimum absolute atomic E-state index is 0.0755. The van der Waals surface area contributed by atoms with Crippen molar-refractivity contribution >= 4 is 5.91 Å². The Kier molecular flexibility index (Phi) is 6.80. The molecule has 1 unspecified atom stereocenters. The number of carbonyl (C=O) groups excluding carboxylic acids is 1. The van der Waals surface area contributed by atoms with Crippen molar-refractivity contribution in [3.63, 3.8) is 0 Å². The molecule has 3 N–H and O–H groups in total. The van der Waals surface area contributed by atoms with Gasteiger partial charge >= 0.3 is 0 Å². The summed E-state index contributed by atoms with van der Waals surface area (Å²) in [5.41, 5.74) is 0.0965. The fourth-order valence-corrected chi connectivity index (χ4v) is 2.60. The molecular weight excluding hydrogens is 240 g/mol. The minimum atomic E-state index is -0.442. The van der Waals surface area contributed by atoms with E-state index in [4.69, 9.17) is 0 Å². The first-order valence-electron chi connectivity index (χ1n) is 7.52. The number of carbonyl (C=O) groups is 1. The van der Waals surface area contributed by atoms with Crippen LogP contribution in [0.2, 0.25) is 0 Å². The summed E-state index contributed by atoms with van der Waals surface area (Å²) >= 11 is 0. The number of amides is 1. The summed E-state index contributed by atoms with van der Waals surface area (Å²) in [7, 11) is 0. The SMILES string of the molecule is CC(C)(C)CC(O)CNC(=O)CCC1CCNCC1. The summed E-state index contributed by atoms with van der Waals surface area (Å²) < 4.78 is 0. The van der Waals surface area contributed by atoms with E-state index in [1.807, 2.05) is 0 Å². The van der Waals surface area contributed by atoms with Gasteiger partial charge in [-0.2, -0.15) is 0 Å². The maximum absolute atomic E-state index is 11.7. The normalized spacial score (nSPS) is 19.2. The first-order valence-corrected chi connectivity index (χ1v) is 7.52. The number of aliphatic hydroxyl groups is 1. The third-order valence-corrected chi connectivity index (χ3v) is 3.62. The average Bonchev–Trinajstić information content (AvgIpc) is 2.33. The van der Waals surface area contributed by atoms with Crippen molar-refractivity contribution in [3.05, 3.63) is 0 Å². The largest absolute Gasteiger partial charge is 0.391 e. The van der Waals surface area contributed by atoms with Crippen molar-refractivity contribution in [1.29, 1.82) is 0 Å². The standard InChI is InChI=1S/C15H30N2O2/c1-15(2,3)10-13(18)11-17-14(19)5-4-12-6-8-16-9-7-12/h12-13,16,18H,4-11H2,1-3H3,(H,17,19). The van der Waals surface area contributed by atoms with Crippen LogP contribution in [0.4, 0.5) is 0 Å². The maximum Gasteiger partial charge on any atom is 0.220 e. The van der Waals surface area contributed by atoms with Gasteiger partial charge in [-0.05, 0) is 50.1 Å². The number of aliphatic hydroxyl groups excluding tert-OH is 1. The highest BCUT2D eigenvalue weighted by molar-refractivity contribution is 5.75. The van der Waals surface area contributed by atoms with Gasteiger partial charge in [0, 0.05) is 13.0 Å². The average molecular weight is 270 g/mol. The number of hydrogen-bond acceptors (Lipinski definition) is 3. The van der Waals surface area contributed by atoms with Crippen LogP contribution in [0.25, 0.3) is 0 Å². The molecule has 1 amide bonds. The predicted molar refractivity (Wildman–Crippen MR) is 77.9 cm³/mol. The Hall–Kier alpha value is -0.610. The zero-order valence-corrected chi connectivity index (χ0v) is 12.7. The lowest BCUT2D eigenvalue weighted by Gasteiger charge is -2.23. The molecule has 1 atom stereocenters. The second-order valence-electron chi connectivity index (χ2n) is 6.95. The van der Waals surface area contributed by atoms with E-state index in [-0.39, 0.29) is 11.3 Å². The van der Waals surface area contributed by atoms with Gasteiger partial charge in [-0.3, -0.25) is 4.79 Å². The Labute approximate surface area is 117 Å². The molecule has 0 aromatic carbocycles. The summed E-state index contributed by atoms with van der Waals surface area (Å²) in [5, 5.41) is 16.0. The zero-order chi connectivity index (χ0) is 14.3. The van der Waals surface area contributed by atoms with Gasteiger partial charge in [-0.1, -0.05) is 20.8 Å². The fraction of sp³-hybridized carbons (Fsp3) is 0.933. The van der Waals surface area contributed by atoms with Crippen molar-refractivity contribution in [2.75, 3.05) is 19.6 Å². The molecule has 0 radical (unpaired) electrons. The first kappa shape index (κ1) is 16.4. The second kappa shape index (κ2) is 7.85. The van der Waals surface area contributed by atoms with Crippen LogP contribution in [0, 0.1) is 11.3 Å². The van der Waals surface area contributed by atoms with Crippen LogP contribution in [-0.2, 0) is 4.79 Å². The van der Waals surface area contributed by atoms with Crippen LogP contribution in [0.1, 0.15) is 52.9 Å². The van der Waals surface area contributed by atoms with E-state index < -0.39 is 6.10 Å². The lowest BCUT2D eigenvalue weighted by Crippen LogP contribution is -2.34.